The van der Waals surface area contributed by atoms with E-state index in [1.807, 2.05) is 41.3 Å². The summed E-state index contributed by atoms with van der Waals surface area (Å²) in [5, 5.41) is 4.09. The van der Waals surface area contributed by atoms with Crippen LogP contribution in [0.1, 0.15) is 38.1 Å². The summed E-state index contributed by atoms with van der Waals surface area (Å²) in [6, 6.07) is 15.8. The fourth-order valence-electron chi connectivity index (χ4n) is 3.58. The highest BCUT2D eigenvalue weighted by Gasteiger charge is 2.21. The molecule has 0 bridgehead atoms. The summed E-state index contributed by atoms with van der Waals surface area (Å²) in [6.07, 6.45) is 2.63. The third-order valence-corrected chi connectivity index (χ3v) is 5.58. The Labute approximate surface area is 182 Å². The van der Waals surface area contributed by atoms with Gasteiger partial charge in [-0.2, -0.15) is 4.98 Å². The van der Waals surface area contributed by atoms with Crippen molar-refractivity contribution in [3.8, 4) is 22.9 Å². The summed E-state index contributed by atoms with van der Waals surface area (Å²) in [5.74, 6) is 2.55. The van der Waals surface area contributed by atoms with E-state index in [2.05, 4.69) is 36.1 Å². The first kappa shape index (κ1) is 20.9. The van der Waals surface area contributed by atoms with Gasteiger partial charge in [0.05, 0.1) is 0 Å². The van der Waals surface area contributed by atoms with Crippen LogP contribution in [0.5, 0.6) is 11.5 Å². The van der Waals surface area contributed by atoms with Crippen molar-refractivity contribution in [1.29, 1.82) is 0 Å². The first-order valence-electron chi connectivity index (χ1n) is 10.7. The molecule has 0 fully saturated rings. The molecular weight excluding hydrogens is 394 g/mol. The van der Waals surface area contributed by atoms with Crippen molar-refractivity contribution in [2.45, 2.75) is 45.6 Å². The van der Waals surface area contributed by atoms with Crippen LogP contribution in [0.4, 0.5) is 0 Å². The summed E-state index contributed by atoms with van der Waals surface area (Å²) < 4.78 is 16.2. The number of carbonyl (C=O) groups is 1. The number of carbonyl (C=O) groups excluding carboxylic acids is 1. The maximum Gasteiger partial charge on any atom is 0.231 e. The second kappa shape index (κ2) is 9.64. The highest BCUT2D eigenvalue weighted by Crippen LogP contribution is 2.35. The third-order valence-electron chi connectivity index (χ3n) is 5.58. The van der Waals surface area contributed by atoms with Crippen molar-refractivity contribution in [2.24, 2.45) is 0 Å². The minimum absolute atomic E-state index is 0.147. The first-order chi connectivity index (χ1) is 15.1. The maximum atomic E-state index is 12.9. The van der Waals surface area contributed by atoms with Gasteiger partial charge in [0.2, 0.25) is 24.4 Å². The van der Waals surface area contributed by atoms with Crippen LogP contribution in [0.2, 0.25) is 0 Å². The van der Waals surface area contributed by atoms with Crippen molar-refractivity contribution in [3.05, 3.63) is 60.0 Å². The van der Waals surface area contributed by atoms with Crippen molar-refractivity contribution < 1.29 is 18.8 Å². The van der Waals surface area contributed by atoms with E-state index in [0.29, 0.717) is 42.6 Å². The number of aromatic nitrogens is 2. The molecule has 7 nitrogen and oxygen atoms in total. The molecule has 1 aromatic heterocycles. The minimum Gasteiger partial charge on any atom is -0.454 e. The first-order valence-corrected chi connectivity index (χ1v) is 10.7. The summed E-state index contributed by atoms with van der Waals surface area (Å²) in [6.45, 7) is 4.93. The van der Waals surface area contributed by atoms with Gasteiger partial charge in [-0.1, -0.05) is 42.4 Å². The average molecular weight is 421 g/mol. The zero-order chi connectivity index (χ0) is 21.6. The molecule has 0 saturated carbocycles. The topological polar surface area (TPSA) is 77.7 Å². The Hall–Kier alpha value is -3.35. The Morgan fingerprint density at radius 3 is 2.71 bits per heavy atom. The van der Waals surface area contributed by atoms with Crippen LogP contribution in [0.3, 0.4) is 0 Å². The maximum absolute atomic E-state index is 12.9. The standard InChI is InChI=1S/C24H27N3O4/c1-3-17(2)27(23(28)12-9-18-7-5-4-6-8-18)14-13-22-25-24(26-31-22)19-10-11-20-21(15-19)30-16-29-20/h4-8,10-11,15,17H,3,9,12-14,16H2,1-2H3/t17-/m0/s1. The second-order valence-electron chi connectivity index (χ2n) is 7.66. The van der Waals surface area contributed by atoms with Gasteiger partial charge in [-0.3, -0.25) is 4.79 Å². The highest BCUT2D eigenvalue weighted by atomic mass is 16.7. The zero-order valence-electron chi connectivity index (χ0n) is 17.9. The van der Waals surface area contributed by atoms with E-state index in [0.717, 1.165) is 18.4 Å². The molecule has 31 heavy (non-hydrogen) atoms. The molecule has 162 valence electrons. The molecule has 0 saturated heterocycles. The van der Waals surface area contributed by atoms with E-state index in [1.54, 1.807) is 0 Å². The normalized spacial score (nSPS) is 13.2. The Kier molecular flexibility index (Phi) is 6.50. The predicted molar refractivity (Wildman–Crippen MR) is 116 cm³/mol. The lowest BCUT2D eigenvalue weighted by Gasteiger charge is -2.28. The van der Waals surface area contributed by atoms with Crippen LogP contribution in [-0.4, -0.2) is 40.3 Å². The largest absolute Gasteiger partial charge is 0.454 e. The van der Waals surface area contributed by atoms with E-state index in [9.17, 15) is 4.79 Å². The Bertz CT molecular complexity index is 1020. The molecule has 7 heteroatoms. The Balaban J connectivity index is 1.38. The molecule has 0 spiro atoms. The molecule has 2 heterocycles. The number of aryl methyl sites for hydroxylation is 1. The molecule has 0 N–H and O–H groups in total. The van der Waals surface area contributed by atoms with Crippen molar-refractivity contribution >= 4 is 5.91 Å². The van der Waals surface area contributed by atoms with E-state index in [1.165, 1.54) is 5.56 Å². The van der Waals surface area contributed by atoms with Gasteiger partial charge in [0, 0.05) is 31.0 Å². The molecule has 0 unspecified atom stereocenters. The van der Waals surface area contributed by atoms with Crippen molar-refractivity contribution in [1.82, 2.24) is 15.0 Å². The number of fused-ring (bicyclic) bond motifs is 1. The molecule has 0 aliphatic carbocycles. The van der Waals surface area contributed by atoms with Crippen molar-refractivity contribution in [3.63, 3.8) is 0 Å². The second-order valence-corrected chi connectivity index (χ2v) is 7.66. The van der Waals surface area contributed by atoms with E-state index < -0.39 is 0 Å². The highest BCUT2D eigenvalue weighted by molar-refractivity contribution is 5.76. The number of hydrogen-bond donors (Lipinski definition) is 0. The van der Waals surface area contributed by atoms with E-state index in [-0.39, 0.29) is 18.7 Å². The van der Waals surface area contributed by atoms with Gasteiger partial charge < -0.3 is 18.9 Å². The number of rotatable bonds is 9. The van der Waals surface area contributed by atoms with Gasteiger partial charge in [-0.15, -0.1) is 0 Å². The monoisotopic (exact) mass is 421 g/mol. The molecule has 4 rings (SSSR count). The number of ether oxygens (including phenoxy) is 2. The summed E-state index contributed by atoms with van der Waals surface area (Å²) >= 11 is 0. The van der Waals surface area contributed by atoms with Crippen LogP contribution in [-0.2, 0) is 17.6 Å². The molecule has 1 aliphatic rings. The SMILES string of the molecule is CC[C@H](C)N(CCc1nc(-c2ccc3c(c2)OCO3)no1)C(=O)CCc1ccccc1. The fourth-order valence-corrected chi connectivity index (χ4v) is 3.58. The molecule has 3 aromatic rings. The van der Waals surface area contributed by atoms with Gasteiger partial charge in [0.25, 0.3) is 0 Å². The molecule has 1 amide bonds. The molecule has 1 atom stereocenters. The lowest BCUT2D eigenvalue weighted by Crippen LogP contribution is -2.40. The van der Waals surface area contributed by atoms with Gasteiger partial charge in [-0.05, 0) is 43.5 Å². The number of hydrogen-bond acceptors (Lipinski definition) is 6. The van der Waals surface area contributed by atoms with E-state index >= 15 is 0 Å². The lowest BCUT2D eigenvalue weighted by molar-refractivity contribution is -0.133. The summed E-state index contributed by atoms with van der Waals surface area (Å²) in [4.78, 5) is 19.3. The van der Waals surface area contributed by atoms with Crippen LogP contribution in [0.15, 0.2) is 53.1 Å². The molecule has 0 radical (unpaired) electrons. The smallest absolute Gasteiger partial charge is 0.231 e. The van der Waals surface area contributed by atoms with Crippen LogP contribution in [0.25, 0.3) is 11.4 Å². The average Bonchev–Trinajstić information content (AvgIpc) is 3.47. The number of benzene rings is 2. The summed E-state index contributed by atoms with van der Waals surface area (Å²) in [7, 11) is 0. The third kappa shape index (κ3) is 5.05. The quantitative estimate of drug-likeness (QED) is 0.514. The summed E-state index contributed by atoms with van der Waals surface area (Å²) in [5.41, 5.74) is 1.97. The molecule has 2 aromatic carbocycles. The van der Waals surface area contributed by atoms with E-state index in [4.69, 9.17) is 14.0 Å². The van der Waals surface area contributed by atoms with Crippen molar-refractivity contribution in [2.75, 3.05) is 13.3 Å². The van der Waals surface area contributed by atoms with Crippen LogP contribution >= 0.6 is 0 Å². The van der Waals surface area contributed by atoms with Gasteiger partial charge in [0.1, 0.15) is 0 Å². The van der Waals surface area contributed by atoms with Gasteiger partial charge in [0.15, 0.2) is 11.5 Å². The minimum atomic E-state index is 0.147. The number of nitrogens with zero attached hydrogens (tertiary/aromatic N) is 3. The number of amides is 1. The Morgan fingerprint density at radius 2 is 1.90 bits per heavy atom. The van der Waals surface area contributed by atoms with Crippen LogP contribution in [0, 0.1) is 0 Å². The fraction of sp³-hybridized carbons (Fsp3) is 0.375. The Morgan fingerprint density at radius 1 is 1.10 bits per heavy atom. The molecular formula is C24H27N3O4. The predicted octanol–water partition coefficient (Wildman–Crippen LogP) is 4.27. The van der Waals surface area contributed by atoms with Gasteiger partial charge in [-0.25, -0.2) is 0 Å². The molecule has 1 aliphatic heterocycles. The lowest BCUT2D eigenvalue weighted by atomic mass is 10.1. The van der Waals surface area contributed by atoms with Crippen LogP contribution < -0.4 is 9.47 Å². The zero-order valence-corrected chi connectivity index (χ0v) is 17.9. The van der Waals surface area contributed by atoms with Gasteiger partial charge >= 0.3 is 0 Å².